The number of carboxylic acids is 2. The van der Waals surface area contributed by atoms with E-state index in [0.717, 1.165) is 57.8 Å². The van der Waals surface area contributed by atoms with E-state index in [-0.39, 0.29) is 52.5 Å². The molecule has 6 nitrogen and oxygen atoms in total. The second kappa shape index (κ2) is 10.1. The zero-order valence-corrected chi connectivity index (χ0v) is 26.6. The molecule has 2 N–H and O–H groups in total. The van der Waals surface area contributed by atoms with Crippen LogP contribution in [0.25, 0.3) is 0 Å². The lowest BCUT2D eigenvalue weighted by Gasteiger charge is -2.71. The van der Waals surface area contributed by atoms with Gasteiger partial charge < -0.3 is 14.9 Å². The zero-order valence-electron chi connectivity index (χ0n) is 26.6. The molecule has 0 bridgehead atoms. The Balaban J connectivity index is 1.44. The molecule has 0 saturated heterocycles. The van der Waals surface area contributed by atoms with Gasteiger partial charge in [0.05, 0.1) is 5.41 Å². The molecule has 0 heterocycles. The first kappa shape index (κ1) is 30.6. The van der Waals surface area contributed by atoms with E-state index in [1.54, 1.807) is 0 Å². The summed E-state index contributed by atoms with van der Waals surface area (Å²) < 4.78 is 6.06. The van der Waals surface area contributed by atoms with E-state index in [0.29, 0.717) is 30.1 Å². The molecule has 10 atom stereocenters. The van der Waals surface area contributed by atoms with Crippen LogP contribution in [0.15, 0.2) is 11.6 Å². The van der Waals surface area contributed by atoms with Crippen molar-refractivity contribution in [2.75, 3.05) is 0 Å². The van der Waals surface area contributed by atoms with Crippen molar-refractivity contribution in [1.29, 1.82) is 0 Å². The lowest BCUT2D eigenvalue weighted by Crippen LogP contribution is -2.65. The van der Waals surface area contributed by atoms with Crippen LogP contribution in [0, 0.1) is 56.7 Å². The van der Waals surface area contributed by atoms with E-state index in [4.69, 9.17) is 9.84 Å². The zero-order chi connectivity index (χ0) is 30.2. The Morgan fingerprint density at radius 2 is 1.59 bits per heavy atom. The third-order valence-electron chi connectivity index (χ3n) is 14.4. The molecule has 0 aromatic heterocycles. The predicted octanol–water partition coefficient (Wildman–Crippen LogP) is 7.90. The quantitative estimate of drug-likeness (QED) is 0.249. The van der Waals surface area contributed by atoms with Crippen molar-refractivity contribution < 1.29 is 29.3 Å². The topological polar surface area (TPSA) is 101 Å². The van der Waals surface area contributed by atoms with Crippen LogP contribution < -0.4 is 0 Å². The van der Waals surface area contributed by atoms with Crippen molar-refractivity contribution in [2.24, 2.45) is 56.7 Å². The Kier molecular flexibility index (Phi) is 7.55. The number of ether oxygens (including phenoxy) is 1. The van der Waals surface area contributed by atoms with Crippen molar-refractivity contribution >= 4 is 17.9 Å². The molecular formula is C35H54O6. The lowest BCUT2D eigenvalue weighted by atomic mass is 9.33. The molecule has 0 radical (unpaired) electrons. The normalized spacial score (nSPS) is 46.6. The molecule has 5 aliphatic rings. The number of hydrogen-bond acceptors (Lipinski definition) is 4. The van der Waals surface area contributed by atoms with Gasteiger partial charge in [0.1, 0.15) is 6.10 Å². The molecule has 41 heavy (non-hydrogen) atoms. The van der Waals surface area contributed by atoms with E-state index in [1.165, 1.54) is 5.57 Å². The number of rotatable bonds is 6. The fourth-order valence-electron chi connectivity index (χ4n) is 11.6. The fourth-order valence-corrected chi connectivity index (χ4v) is 11.6. The Labute approximate surface area is 247 Å². The molecule has 0 aromatic rings. The minimum Gasteiger partial charge on any atom is -0.481 e. The van der Waals surface area contributed by atoms with Crippen molar-refractivity contribution in [1.82, 2.24) is 0 Å². The summed E-state index contributed by atoms with van der Waals surface area (Å²) in [5, 5.41) is 19.6. The number of esters is 1. The first-order valence-corrected chi connectivity index (χ1v) is 16.4. The molecule has 6 heteroatoms. The van der Waals surface area contributed by atoms with Gasteiger partial charge in [-0.15, -0.1) is 0 Å². The highest BCUT2D eigenvalue weighted by atomic mass is 16.5. The van der Waals surface area contributed by atoms with Crippen molar-refractivity contribution in [3.63, 3.8) is 0 Å². The van der Waals surface area contributed by atoms with E-state index in [1.807, 2.05) is 0 Å². The summed E-state index contributed by atoms with van der Waals surface area (Å²) in [4.78, 5) is 36.5. The number of hydrogen-bond donors (Lipinski definition) is 2. The van der Waals surface area contributed by atoms with Crippen LogP contribution >= 0.6 is 0 Å². The minimum absolute atomic E-state index is 0.00354. The first-order chi connectivity index (χ1) is 19.0. The molecule has 5 rings (SSSR count). The maximum absolute atomic E-state index is 12.9. The van der Waals surface area contributed by atoms with Crippen LogP contribution in [0.5, 0.6) is 0 Å². The van der Waals surface area contributed by atoms with Gasteiger partial charge >= 0.3 is 17.9 Å². The van der Waals surface area contributed by atoms with E-state index in [2.05, 4.69) is 54.5 Å². The van der Waals surface area contributed by atoms with E-state index < -0.39 is 17.4 Å². The molecule has 0 aromatic carbocycles. The monoisotopic (exact) mass is 570 g/mol. The highest BCUT2D eigenvalue weighted by Gasteiger charge is 2.69. The number of allylic oxidation sites excluding steroid dienone is 2. The third-order valence-corrected chi connectivity index (χ3v) is 14.4. The van der Waals surface area contributed by atoms with Crippen molar-refractivity contribution in [2.45, 2.75) is 132 Å². The largest absolute Gasteiger partial charge is 0.481 e. The Bertz CT molecular complexity index is 1120. The maximum atomic E-state index is 12.9. The summed E-state index contributed by atoms with van der Waals surface area (Å²) in [6.07, 6.45) is 11.5. The molecular weight excluding hydrogens is 516 g/mol. The molecule has 0 aliphatic heterocycles. The number of fused-ring (bicyclic) bond motifs is 7. The number of carbonyl (C=O) groups excluding carboxylic acids is 1. The number of carboxylic acid groups (broad SMARTS) is 2. The highest BCUT2D eigenvalue weighted by Crippen LogP contribution is 2.75. The van der Waals surface area contributed by atoms with Crippen LogP contribution in [0.1, 0.15) is 126 Å². The fraction of sp³-hybridized carbons (Fsp3) is 0.857. The van der Waals surface area contributed by atoms with Crippen LogP contribution in [-0.4, -0.2) is 34.2 Å². The van der Waals surface area contributed by atoms with Crippen LogP contribution in [0.2, 0.25) is 0 Å². The van der Waals surface area contributed by atoms with Gasteiger partial charge in [-0.25, -0.2) is 0 Å². The smallest absolute Gasteiger partial charge is 0.310 e. The summed E-state index contributed by atoms with van der Waals surface area (Å²) in [5.41, 5.74) is 0.894. The molecule has 0 spiro atoms. The van der Waals surface area contributed by atoms with Crippen molar-refractivity contribution in [3.8, 4) is 0 Å². The summed E-state index contributed by atoms with van der Waals surface area (Å²) >= 11 is 0. The molecule has 4 fully saturated rings. The van der Waals surface area contributed by atoms with Gasteiger partial charge in [-0.05, 0) is 110 Å². The Morgan fingerprint density at radius 1 is 0.878 bits per heavy atom. The number of aliphatic carboxylic acids is 2. The van der Waals surface area contributed by atoms with Gasteiger partial charge in [-0.1, -0.05) is 60.1 Å². The standard InChI is InChI=1S/C35H54O6/c1-21-13-18-35(30(39)40)20-19-33(6)23(29(35)22(21)2)11-12-25-32(5)16-15-26(41-28(38)10-8-9-27(36)37)31(3,4)24(32)14-17-34(25,33)7/h11,21-22,24-26,29H,8-10,12-20H2,1-7H3,(H,36,37)(H,39,40)/t21-,22+,24?,25?,26?,29?,32+,33-,34-,35+/m1/s1. The molecule has 0 amide bonds. The van der Waals surface area contributed by atoms with Crippen LogP contribution in [0.3, 0.4) is 0 Å². The number of carbonyl (C=O) groups is 3. The van der Waals surface area contributed by atoms with Crippen LogP contribution in [0.4, 0.5) is 0 Å². The van der Waals surface area contributed by atoms with Gasteiger partial charge in [0.15, 0.2) is 0 Å². The summed E-state index contributed by atoms with van der Waals surface area (Å²) in [6, 6.07) is 0. The molecule has 4 saturated carbocycles. The summed E-state index contributed by atoms with van der Waals surface area (Å²) in [7, 11) is 0. The van der Waals surface area contributed by atoms with Gasteiger partial charge in [0, 0.05) is 18.3 Å². The molecule has 5 aliphatic carbocycles. The predicted molar refractivity (Wildman–Crippen MR) is 158 cm³/mol. The second-order valence-electron chi connectivity index (χ2n) is 16.2. The minimum atomic E-state index is -0.880. The van der Waals surface area contributed by atoms with Crippen molar-refractivity contribution in [3.05, 3.63) is 11.6 Å². The highest BCUT2D eigenvalue weighted by molar-refractivity contribution is 5.76. The summed E-state index contributed by atoms with van der Waals surface area (Å²) in [6.45, 7) is 16.7. The first-order valence-electron chi connectivity index (χ1n) is 16.4. The van der Waals surface area contributed by atoms with Gasteiger partial charge in [-0.2, -0.15) is 0 Å². The van der Waals surface area contributed by atoms with E-state index in [9.17, 15) is 19.5 Å². The molecule has 230 valence electrons. The van der Waals surface area contributed by atoms with E-state index >= 15 is 0 Å². The third kappa shape index (κ3) is 4.34. The van der Waals surface area contributed by atoms with Gasteiger partial charge in [0.25, 0.3) is 0 Å². The lowest BCUT2D eigenvalue weighted by molar-refractivity contribution is -0.214. The van der Waals surface area contributed by atoms with Crippen LogP contribution in [-0.2, 0) is 19.1 Å². The Morgan fingerprint density at radius 3 is 2.24 bits per heavy atom. The SMILES string of the molecule is C[C@@H]1CC[C@]2(C(=O)O)CC[C@]3(C)C(=CCC4[C@@]5(C)CCC(OC(=O)CCCC(=O)O)C(C)(C)C5CC[C@]43C)C2[C@H]1C. The molecule has 4 unspecified atom stereocenters. The Hall–Kier alpha value is -1.85. The second-order valence-corrected chi connectivity index (χ2v) is 16.2. The van der Waals surface area contributed by atoms with Gasteiger partial charge in [-0.3, -0.25) is 14.4 Å². The summed E-state index contributed by atoms with van der Waals surface area (Å²) in [5.74, 6) is 0.230. The maximum Gasteiger partial charge on any atom is 0.310 e. The average Bonchev–Trinajstić information content (AvgIpc) is 2.88. The average molecular weight is 571 g/mol. The van der Waals surface area contributed by atoms with Gasteiger partial charge in [0.2, 0.25) is 0 Å².